The number of imidazole rings is 1. The molecule has 3 heterocycles. The van der Waals surface area contributed by atoms with Crippen molar-refractivity contribution < 1.29 is 8.42 Å². The molecule has 0 amide bonds. The summed E-state index contributed by atoms with van der Waals surface area (Å²) in [5, 5.41) is 0. The first-order valence-corrected chi connectivity index (χ1v) is 11.0. The number of pyridine rings is 1. The summed E-state index contributed by atoms with van der Waals surface area (Å²) >= 11 is 0. The Bertz CT molecular complexity index is 1020. The van der Waals surface area contributed by atoms with Gasteiger partial charge in [0, 0.05) is 49.5 Å². The Kier molecular flexibility index (Phi) is 5.28. The van der Waals surface area contributed by atoms with E-state index < -0.39 is 10.0 Å². The quantitative estimate of drug-likeness (QED) is 0.663. The van der Waals surface area contributed by atoms with Crippen LogP contribution in [0.3, 0.4) is 0 Å². The standard InChI is InChI=1S/C21H24N4O2S/c1-17-14-23-21(19-6-3-2-4-7-19)25(17)16-18-9-12-24(13-10-18)28(26,27)20-8-5-11-22-15-20/h2-8,11,14-15,18H,9-10,12-13,16H2,1H3. The van der Waals surface area contributed by atoms with E-state index in [1.54, 1.807) is 22.6 Å². The van der Waals surface area contributed by atoms with Crippen LogP contribution in [0.15, 0.2) is 66.0 Å². The van der Waals surface area contributed by atoms with Gasteiger partial charge in [0.05, 0.1) is 0 Å². The lowest BCUT2D eigenvalue weighted by atomic mass is 9.98. The second-order valence-electron chi connectivity index (χ2n) is 7.24. The summed E-state index contributed by atoms with van der Waals surface area (Å²) in [5.41, 5.74) is 2.23. The van der Waals surface area contributed by atoms with Gasteiger partial charge in [-0.3, -0.25) is 4.98 Å². The molecule has 0 radical (unpaired) electrons. The molecule has 1 saturated heterocycles. The van der Waals surface area contributed by atoms with Crippen molar-refractivity contribution in [2.24, 2.45) is 5.92 Å². The molecule has 0 atom stereocenters. The smallest absolute Gasteiger partial charge is 0.244 e. The Morgan fingerprint density at radius 2 is 1.79 bits per heavy atom. The van der Waals surface area contributed by atoms with Crippen LogP contribution in [-0.4, -0.2) is 40.3 Å². The molecule has 0 spiro atoms. The van der Waals surface area contributed by atoms with Gasteiger partial charge in [0.2, 0.25) is 10.0 Å². The van der Waals surface area contributed by atoms with Crippen molar-refractivity contribution in [3.05, 3.63) is 66.7 Å². The minimum absolute atomic E-state index is 0.269. The molecule has 1 fully saturated rings. The van der Waals surface area contributed by atoms with Gasteiger partial charge in [-0.2, -0.15) is 4.31 Å². The van der Waals surface area contributed by atoms with Crippen LogP contribution < -0.4 is 0 Å². The molecule has 0 bridgehead atoms. The maximum atomic E-state index is 12.8. The van der Waals surface area contributed by atoms with Crippen LogP contribution >= 0.6 is 0 Å². The number of hydrogen-bond acceptors (Lipinski definition) is 4. The number of hydrogen-bond donors (Lipinski definition) is 0. The van der Waals surface area contributed by atoms with Gasteiger partial charge in [0.25, 0.3) is 0 Å². The second-order valence-corrected chi connectivity index (χ2v) is 9.17. The number of rotatable bonds is 5. The summed E-state index contributed by atoms with van der Waals surface area (Å²) in [7, 11) is -3.46. The number of piperidine rings is 1. The zero-order chi connectivity index (χ0) is 19.6. The van der Waals surface area contributed by atoms with Crippen molar-refractivity contribution >= 4 is 10.0 Å². The van der Waals surface area contributed by atoms with E-state index in [4.69, 9.17) is 0 Å². The minimum atomic E-state index is -3.46. The van der Waals surface area contributed by atoms with Crippen LogP contribution in [0.25, 0.3) is 11.4 Å². The maximum absolute atomic E-state index is 12.8. The molecule has 1 aromatic carbocycles. The molecule has 146 valence electrons. The number of sulfonamides is 1. The minimum Gasteiger partial charge on any atom is -0.328 e. The largest absolute Gasteiger partial charge is 0.328 e. The zero-order valence-electron chi connectivity index (χ0n) is 15.9. The van der Waals surface area contributed by atoms with Gasteiger partial charge in [-0.15, -0.1) is 0 Å². The number of benzene rings is 1. The molecule has 6 nitrogen and oxygen atoms in total. The average Bonchev–Trinajstić information content (AvgIpc) is 3.10. The molecule has 1 aliphatic rings. The fraction of sp³-hybridized carbons (Fsp3) is 0.333. The molecular formula is C21H24N4O2S. The number of aromatic nitrogens is 3. The van der Waals surface area contributed by atoms with Gasteiger partial charge < -0.3 is 4.57 Å². The lowest BCUT2D eigenvalue weighted by Gasteiger charge is -2.31. The third-order valence-corrected chi connectivity index (χ3v) is 7.26. The first kappa shape index (κ1) is 18.8. The summed E-state index contributed by atoms with van der Waals surface area (Å²) < 4.78 is 29.4. The van der Waals surface area contributed by atoms with Crippen LogP contribution in [0.2, 0.25) is 0 Å². The maximum Gasteiger partial charge on any atom is 0.244 e. The van der Waals surface area contributed by atoms with E-state index in [-0.39, 0.29) is 4.90 Å². The topological polar surface area (TPSA) is 68.1 Å². The molecule has 2 aromatic heterocycles. The first-order chi connectivity index (χ1) is 13.6. The van der Waals surface area contributed by atoms with Crippen LogP contribution in [0.4, 0.5) is 0 Å². The van der Waals surface area contributed by atoms with E-state index in [1.807, 2.05) is 24.4 Å². The van der Waals surface area contributed by atoms with Gasteiger partial charge in [-0.25, -0.2) is 13.4 Å². The monoisotopic (exact) mass is 396 g/mol. The van der Waals surface area contributed by atoms with Gasteiger partial charge in [0.15, 0.2) is 0 Å². The SMILES string of the molecule is Cc1cnc(-c2ccccc2)n1CC1CCN(S(=O)(=O)c2cccnc2)CC1. The van der Waals surface area contributed by atoms with Crippen molar-refractivity contribution in [2.75, 3.05) is 13.1 Å². The Hall–Kier alpha value is -2.51. The predicted octanol–water partition coefficient (Wildman–Crippen LogP) is 3.35. The predicted molar refractivity (Wildman–Crippen MR) is 108 cm³/mol. The summed E-state index contributed by atoms with van der Waals surface area (Å²) in [6.45, 7) is 4.00. The van der Waals surface area contributed by atoms with E-state index in [2.05, 4.69) is 33.6 Å². The van der Waals surface area contributed by atoms with Crippen molar-refractivity contribution in [1.29, 1.82) is 0 Å². The Labute approximate surface area is 165 Å². The van der Waals surface area contributed by atoms with E-state index in [0.29, 0.717) is 19.0 Å². The highest BCUT2D eigenvalue weighted by atomic mass is 32.2. The van der Waals surface area contributed by atoms with Crippen LogP contribution in [0.1, 0.15) is 18.5 Å². The zero-order valence-corrected chi connectivity index (χ0v) is 16.7. The van der Waals surface area contributed by atoms with E-state index in [9.17, 15) is 8.42 Å². The molecule has 0 unspecified atom stereocenters. The fourth-order valence-electron chi connectivity index (χ4n) is 3.75. The Morgan fingerprint density at radius 3 is 2.46 bits per heavy atom. The van der Waals surface area contributed by atoms with E-state index in [1.165, 1.54) is 6.20 Å². The van der Waals surface area contributed by atoms with E-state index >= 15 is 0 Å². The van der Waals surface area contributed by atoms with Crippen LogP contribution in [0, 0.1) is 12.8 Å². The molecule has 28 heavy (non-hydrogen) atoms. The van der Waals surface area contributed by atoms with Gasteiger partial charge in [0.1, 0.15) is 10.7 Å². The van der Waals surface area contributed by atoms with Crippen LogP contribution in [0.5, 0.6) is 0 Å². The molecule has 0 N–H and O–H groups in total. The van der Waals surface area contributed by atoms with Crippen molar-refractivity contribution in [3.8, 4) is 11.4 Å². The van der Waals surface area contributed by atoms with Crippen LogP contribution in [-0.2, 0) is 16.6 Å². The van der Waals surface area contributed by atoms with Crippen molar-refractivity contribution in [3.63, 3.8) is 0 Å². The van der Waals surface area contributed by atoms with Crippen molar-refractivity contribution in [1.82, 2.24) is 18.8 Å². The lowest BCUT2D eigenvalue weighted by molar-refractivity contribution is 0.252. The highest BCUT2D eigenvalue weighted by Gasteiger charge is 2.30. The van der Waals surface area contributed by atoms with E-state index in [0.717, 1.165) is 36.5 Å². The third-order valence-electron chi connectivity index (χ3n) is 5.37. The third kappa shape index (κ3) is 3.72. The summed E-state index contributed by atoms with van der Waals surface area (Å²) in [4.78, 5) is 8.81. The molecule has 3 aromatic rings. The van der Waals surface area contributed by atoms with Crippen molar-refractivity contribution in [2.45, 2.75) is 31.2 Å². The molecule has 0 saturated carbocycles. The van der Waals surface area contributed by atoms with Gasteiger partial charge in [-0.1, -0.05) is 30.3 Å². The summed E-state index contributed by atoms with van der Waals surface area (Å²) in [5.74, 6) is 1.40. The molecule has 0 aliphatic carbocycles. The van der Waals surface area contributed by atoms with Gasteiger partial charge >= 0.3 is 0 Å². The first-order valence-electron chi connectivity index (χ1n) is 9.53. The molecule has 4 rings (SSSR count). The molecular weight excluding hydrogens is 372 g/mol. The average molecular weight is 397 g/mol. The Balaban J connectivity index is 1.45. The number of nitrogens with zero attached hydrogens (tertiary/aromatic N) is 4. The Morgan fingerprint density at radius 1 is 1.04 bits per heavy atom. The normalized spacial score (nSPS) is 16.3. The summed E-state index contributed by atoms with van der Waals surface area (Å²) in [6.07, 6.45) is 6.59. The summed E-state index contributed by atoms with van der Waals surface area (Å²) in [6, 6.07) is 13.4. The molecule has 7 heteroatoms. The van der Waals surface area contributed by atoms with Gasteiger partial charge in [-0.05, 0) is 37.8 Å². The lowest BCUT2D eigenvalue weighted by Crippen LogP contribution is -2.39. The number of aryl methyl sites for hydroxylation is 1. The highest BCUT2D eigenvalue weighted by molar-refractivity contribution is 7.89. The highest BCUT2D eigenvalue weighted by Crippen LogP contribution is 2.27. The fourth-order valence-corrected chi connectivity index (χ4v) is 5.18. The molecule has 1 aliphatic heterocycles. The second kappa shape index (κ2) is 7.85.